The number of benzene rings is 1. The van der Waals surface area contributed by atoms with Gasteiger partial charge in [0.1, 0.15) is 0 Å². The number of nitrogens with one attached hydrogen (secondary N) is 1. The Hall–Kier alpha value is -1.75. The molecule has 2 aromatic rings. The minimum Gasteiger partial charge on any atom is -0.313 e. The Kier molecular flexibility index (Phi) is 3.49. The quantitative estimate of drug-likeness (QED) is 0.866. The molecule has 0 spiro atoms. The van der Waals surface area contributed by atoms with Crippen molar-refractivity contribution in [3.05, 3.63) is 35.7 Å². The fraction of sp³-hybridized carbons (Fsp3) is 0.417. The van der Waals surface area contributed by atoms with Gasteiger partial charge in [-0.05, 0) is 35.0 Å². The van der Waals surface area contributed by atoms with Gasteiger partial charge in [0.2, 0.25) is 0 Å². The first-order valence-electron chi connectivity index (χ1n) is 5.75. The molecule has 0 radical (unpaired) electrons. The highest BCUT2D eigenvalue weighted by Gasteiger charge is 2.12. The Balaban J connectivity index is 2.48. The van der Waals surface area contributed by atoms with E-state index in [0.717, 1.165) is 11.5 Å². The van der Waals surface area contributed by atoms with E-state index < -0.39 is 0 Å². The van der Waals surface area contributed by atoms with Crippen LogP contribution in [0, 0.1) is 0 Å². The third-order valence-corrected chi connectivity index (χ3v) is 2.66. The Labute approximate surface area is 101 Å². The van der Waals surface area contributed by atoms with Crippen molar-refractivity contribution >= 4 is 0 Å². The molecule has 0 saturated carbocycles. The molecular formula is C12H17N5. The van der Waals surface area contributed by atoms with Gasteiger partial charge >= 0.3 is 0 Å². The minimum absolute atomic E-state index is 0.442. The first-order valence-corrected chi connectivity index (χ1v) is 5.75. The summed E-state index contributed by atoms with van der Waals surface area (Å²) in [6, 6.07) is 8.21. The maximum Gasteiger partial charge on any atom is 0.170 e. The van der Waals surface area contributed by atoms with Gasteiger partial charge in [-0.15, -0.1) is 5.10 Å². The second kappa shape index (κ2) is 5.05. The normalized spacial score (nSPS) is 11.1. The van der Waals surface area contributed by atoms with Crippen LogP contribution in [0.25, 0.3) is 5.69 Å². The van der Waals surface area contributed by atoms with Gasteiger partial charge in [0, 0.05) is 0 Å². The average molecular weight is 231 g/mol. The third kappa shape index (κ3) is 2.34. The van der Waals surface area contributed by atoms with Crippen molar-refractivity contribution in [2.24, 2.45) is 0 Å². The predicted molar refractivity (Wildman–Crippen MR) is 66.0 cm³/mol. The van der Waals surface area contributed by atoms with E-state index in [-0.39, 0.29) is 0 Å². The van der Waals surface area contributed by atoms with Crippen LogP contribution >= 0.6 is 0 Å². The van der Waals surface area contributed by atoms with Crippen molar-refractivity contribution in [2.45, 2.75) is 26.3 Å². The smallest absolute Gasteiger partial charge is 0.170 e. The van der Waals surface area contributed by atoms with Gasteiger partial charge in [-0.25, -0.2) is 0 Å². The number of hydrogen-bond donors (Lipinski definition) is 1. The number of rotatable bonds is 4. The van der Waals surface area contributed by atoms with Crippen LogP contribution in [-0.4, -0.2) is 27.3 Å². The summed E-state index contributed by atoms with van der Waals surface area (Å²) in [4.78, 5) is 0. The Morgan fingerprint density at radius 2 is 2.06 bits per heavy atom. The largest absolute Gasteiger partial charge is 0.313 e. The molecule has 0 aliphatic carbocycles. The molecule has 1 heterocycles. The van der Waals surface area contributed by atoms with E-state index in [2.05, 4.69) is 40.8 Å². The van der Waals surface area contributed by atoms with Crippen molar-refractivity contribution in [3.8, 4) is 5.69 Å². The fourth-order valence-corrected chi connectivity index (χ4v) is 1.83. The zero-order chi connectivity index (χ0) is 12.3. The van der Waals surface area contributed by atoms with Gasteiger partial charge in [0.05, 0.1) is 12.2 Å². The standard InChI is InChI=1S/C12H17N5/c1-9(2)10-6-4-5-7-11(10)17-12(8-13-3)14-15-16-17/h4-7,9,13H,8H2,1-3H3. The van der Waals surface area contributed by atoms with Crippen molar-refractivity contribution < 1.29 is 0 Å². The molecule has 0 aliphatic heterocycles. The first kappa shape index (κ1) is 11.7. The lowest BCUT2D eigenvalue weighted by atomic mass is 10.0. The summed E-state index contributed by atoms with van der Waals surface area (Å²) >= 11 is 0. The lowest BCUT2D eigenvalue weighted by Crippen LogP contribution is -2.13. The molecular weight excluding hydrogens is 214 g/mol. The number of hydrogen-bond acceptors (Lipinski definition) is 4. The van der Waals surface area contributed by atoms with E-state index in [1.165, 1.54) is 5.56 Å². The SMILES string of the molecule is CNCc1nnnn1-c1ccccc1C(C)C. The molecule has 0 unspecified atom stereocenters. The molecule has 0 fully saturated rings. The first-order chi connectivity index (χ1) is 8.24. The van der Waals surface area contributed by atoms with Gasteiger partial charge in [-0.1, -0.05) is 32.0 Å². The highest BCUT2D eigenvalue weighted by Crippen LogP contribution is 2.22. The molecule has 0 amide bonds. The second-order valence-corrected chi connectivity index (χ2v) is 4.25. The van der Waals surface area contributed by atoms with Crippen molar-refractivity contribution in [2.75, 3.05) is 7.05 Å². The van der Waals surface area contributed by atoms with Crippen LogP contribution in [0.1, 0.15) is 31.2 Å². The molecule has 17 heavy (non-hydrogen) atoms. The van der Waals surface area contributed by atoms with Crippen molar-refractivity contribution in [1.29, 1.82) is 0 Å². The summed E-state index contributed by atoms with van der Waals surface area (Å²) < 4.78 is 1.80. The highest BCUT2D eigenvalue weighted by molar-refractivity contribution is 5.42. The maximum absolute atomic E-state index is 4.06. The zero-order valence-electron chi connectivity index (χ0n) is 10.4. The van der Waals surface area contributed by atoms with Gasteiger partial charge < -0.3 is 5.32 Å². The summed E-state index contributed by atoms with van der Waals surface area (Å²) in [6.45, 7) is 4.99. The Bertz CT molecular complexity index is 489. The molecule has 1 aromatic carbocycles. The predicted octanol–water partition coefficient (Wildman–Crippen LogP) is 1.51. The lowest BCUT2D eigenvalue weighted by Gasteiger charge is -2.12. The van der Waals surface area contributed by atoms with Crippen LogP contribution in [0.2, 0.25) is 0 Å². The number of aromatic nitrogens is 4. The third-order valence-electron chi connectivity index (χ3n) is 2.66. The summed E-state index contributed by atoms with van der Waals surface area (Å²) in [6.07, 6.45) is 0. The average Bonchev–Trinajstić information content (AvgIpc) is 2.77. The van der Waals surface area contributed by atoms with Crippen LogP contribution in [0.3, 0.4) is 0 Å². The molecule has 2 rings (SSSR count). The van der Waals surface area contributed by atoms with Gasteiger partial charge in [0.25, 0.3) is 0 Å². The van der Waals surface area contributed by atoms with Crippen LogP contribution in [0.4, 0.5) is 0 Å². The summed E-state index contributed by atoms with van der Waals surface area (Å²) in [5, 5.41) is 14.9. The van der Waals surface area contributed by atoms with E-state index in [4.69, 9.17) is 0 Å². The molecule has 0 saturated heterocycles. The molecule has 0 atom stereocenters. The molecule has 0 aliphatic rings. The van der Waals surface area contributed by atoms with E-state index >= 15 is 0 Å². The summed E-state index contributed by atoms with van der Waals surface area (Å²) in [5.41, 5.74) is 2.30. The van der Waals surface area contributed by atoms with Gasteiger partial charge in [-0.3, -0.25) is 0 Å². The Morgan fingerprint density at radius 3 is 2.76 bits per heavy atom. The minimum atomic E-state index is 0.442. The van der Waals surface area contributed by atoms with Crippen LogP contribution in [-0.2, 0) is 6.54 Å². The molecule has 1 aromatic heterocycles. The van der Waals surface area contributed by atoms with Crippen LogP contribution in [0.15, 0.2) is 24.3 Å². The summed E-state index contributed by atoms with van der Waals surface area (Å²) in [7, 11) is 1.88. The molecule has 5 heteroatoms. The van der Waals surface area contributed by atoms with E-state index in [9.17, 15) is 0 Å². The highest BCUT2D eigenvalue weighted by atomic mass is 15.5. The molecule has 1 N–H and O–H groups in total. The number of tetrazole rings is 1. The second-order valence-electron chi connectivity index (χ2n) is 4.25. The van der Waals surface area contributed by atoms with Crippen LogP contribution in [0.5, 0.6) is 0 Å². The molecule has 5 nitrogen and oxygen atoms in total. The summed E-state index contributed by atoms with van der Waals surface area (Å²) in [5.74, 6) is 1.26. The Morgan fingerprint density at radius 1 is 1.29 bits per heavy atom. The fourth-order valence-electron chi connectivity index (χ4n) is 1.83. The van der Waals surface area contributed by atoms with Crippen molar-refractivity contribution in [1.82, 2.24) is 25.5 Å². The lowest BCUT2D eigenvalue weighted by molar-refractivity contribution is 0.698. The topological polar surface area (TPSA) is 55.6 Å². The van der Waals surface area contributed by atoms with Crippen molar-refractivity contribution in [3.63, 3.8) is 0 Å². The molecule has 0 bridgehead atoms. The van der Waals surface area contributed by atoms with Gasteiger partial charge in [0.15, 0.2) is 5.82 Å². The number of nitrogens with zero attached hydrogens (tertiary/aromatic N) is 4. The monoisotopic (exact) mass is 231 g/mol. The number of para-hydroxylation sites is 1. The van der Waals surface area contributed by atoms with E-state index in [1.807, 2.05) is 25.2 Å². The maximum atomic E-state index is 4.06. The molecule has 90 valence electrons. The van der Waals surface area contributed by atoms with Crippen LogP contribution < -0.4 is 5.32 Å². The van der Waals surface area contributed by atoms with E-state index in [0.29, 0.717) is 12.5 Å². The van der Waals surface area contributed by atoms with Gasteiger partial charge in [-0.2, -0.15) is 4.68 Å². The van der Waals surface area contributed by atoms with E-state index in [1.54, 1.807) is 4.68 Å². The zero-order valence-corrected chi connectivity index (χ0v) is 10.4.